The lowest BCUT2D eigenvalue weighted by atomic mass is 10.3. The lowest BCUT2D eigenvalue weighted by Crippen LogP contribution is -2.02. The van der Waals surface area contributed by atoms with Crippen molar-refractivity contribution in [1.29, 1.82) is 0 Å². The van der Waals surface area contributed by atoms with Crippen molar-refractivity contribution < 1.29 is 14.6 Å². The molecule has 0 atom stereocenters. The Kier molecular flexibility index (Phi) is 3.96. The van der Waals surface area contributed by atoms with Gasteiger partial charge in [-0.2, -0.15) is 0 Å². The maximum Gasteiger partial charge on any atom is 0.303 e. The van der Waals surface area contributed by atoms with Gasteiger partial charge in [-0.3, -0.25) is 4.79 Å². The molecule has 1 aromatic heterocycles. The smallest absolute Gasteiger partial charge is 0.303 e. The van der Waals surface area contributed by atoms with Crippen molar-refractivity contribution >= 4 is 5.97 Å². The maximum atomic E-state index is 10.3. The van der Waals surface area contributed by atoms with E-state index in [1.54, 1.807) is 12.5 Å². The van der Waals surface area contributed by atoms with Gasteiger partial charge in [0.15, 0.2) is 0 Å². The van der Waals surface area contributed by atoms with Gasteiger partial charge in [-0.1, -0.05) is 0 Å². The molecule has 0 bridgehead atoms. The molecule has 94 valence electrons. The molecule has 5 nitrogen and oxygen atoms in total. The van der Waals surface area contributed by atoms with Gasteiger partial charge in [0.1, 0.15) is 5.75 Å². The summed E-state index contributed by atoms with van der Waals surface area (Å²) in [5, 5.41) is 8.49. The fraction of sp³-hybridized carbons (Fsp3) is 0.231. The summed E-state index contributed by atoms with van der Waals surface area (Å²) in [5.74, 6) is -0.0571. The van der Waals surface area contributed by atoms with Gasteiger partial charge in [0.25, 0.3) is 0 Å². The van der Waals surface area contributed by atoms with E-state index in [2.05, 4.69) is 4.98 Å². The van der Waals surface area contributed by atoms with E-state index in [9.17, 15) is 4.79 Å². The number of carbonyl (C=O) groups is 1. The summed E-state index contributed by atoms with van der Waals surface area (Å²) in [4.78, 5) is 14.3. The van der Waals surface area contributed by atoms with Crippen molar-refractivity contribution in [2.75, 3.05) is 6.61 Å². The first kappa shape index (κ1) is 12.2. The topological polar surface area (TPSA) is 64.3 Å². The standard InChI is InChI=1S/C13H14N2O3/c16-13(17)2-1-9-18-12-5-3-11(4-6-12)15-8-7-14-10-15/h3-8,10H,1-2,9H2,(H,16,17). The van der Waals surface area contributed by atoms with E-state index in [0.29, 0.717) is 13.0 Å². The molecule has 0 aliphatic heterocycles. The van der Waals surface area contributed by atoms with E-state index in [4.69, 9.17) is 9.84 Å². The van der Waals surface area contributed by atoms with Crippen LogP contribution in [-0.4, -0.2) is 27.2 Å². The molecule has 1 aromatic carbocycles. The highest BCUT2D eigenvalue weighted by Crippen LogP contribution is 2.15. The lowest BCUT2D eigenvalue weighted by Gasteiger charge is -2.06. The minimum absolute atomic E-state index is 0.132. The number of hydrogen-bond donors (Lipinski definition) is 1. The Morgan fingerprint density at radius 3 is 2.72 bits per heavy atom. The quantitative estimate of drug-likeness (QED) is 0.793. The number of carboxylic acids is 1. The normalized spacial score (nSPS) is 10.2. The molecule has 2 rings (SSSR count). The van der Waals surface area contributed by atoms with Crippen molar-refractivity contribution in [2.45, 2.75) is 12.8 Å². The number of carboxylic acid groups (broad SMARTS) is 1. The summed E-state index contributed by atoms with van der Waals surface area (Å²) in [6.07, 6.45) is 5.95. The van der Waals surface area contributed by atoms with Crippen LogP contribution in [0.1, 0.15) is 12.8 Å². The minimum atomic E-state index is -0.797. The highest BCUT2D eigenvalue weighted by atomic mass is 16.5. The molecule has 0 spiro atoms. The average molecular weight is 246 g/mol. The third-order valence-electron chi connectivity index (χ3n) is 2.44. The van der Waals surface area contributed by atoms with Crippen molar-refractivity contribution in [1.82, 2.24) is 9.55 Å². The average Bonchev–Trinajstić information content (AvgIpc) is 2.89. The van der Waals surface area contributed by atoms with E-state index in [1.807, 2.05) is 35.0 Å². The number of benzene rings is 1. The number of nitrogens with zero attached hydrogens (tertiary/aromatic N) is 2. The Hall–Kier alpha value is -2.30. The molecule has 1 N–H and O–H groups in total. The zero-order valence-electron chi connectivity index (χ0n) is 9.82. The lowest BCUT2D eigenvalue weighted by molar-refractivity contribution is -0.137. The van der Waals surface area contributed by atoms with Crippen LogP contribution in [0.5, 0.6) is 5.75 Å². The third kappa shape index (κ3) is 3.35. The van der Waals surface area contributed by atoms with Crippen LogP contribution in [0.25, 0.3) is 5.69 Å². The highest BCUT2D eigenvalue weighted by molar-refractivity contribution is 5.66. The fourth-order valence-electron chi connectivity index (χ4n) is 1.54. The summed E-state index contributed by atoms with van der Waals surface area (Å²) >= 11 is 0. The van der Waals surface area contributed by atoms with Crippen LogP contribution in [0.15, 0.2) is 43.0 Å². The molecule has 0 saturated heterocycles. The van der Waals surface area contributed by atoms with Gasteiger partial charge in [0, 0.05) is 24.5 Å². The molecule has 0 amide bonds. The van der Waals surface area contributed by atoms with Crippen LogP contribution < -0.4 is 4.74 Å². The summed E-state index contributed by atoms with van der Waals surface area (Å²) in [7, 11) is 0. The zero-order chi connectivity index (χ0) is 12.8. The van der Waals surface area contributed by atoms with Crippen molar-refractivity contribution in [2.24, 2.45) is 0 Å². The first-order valence-corrected chi connectivity index (χ1v) is 5.69. The van der Waals surface area contributed by atoms with Gasteiger partial charge in [0.2, 0.25) is 0 Å². The zero-order valence-corrected chi connectivity index (χ0v) is 9.82. The number of imidazole rings is 1. The second kappa shape index (κ2) is 5.86. The van der Waals surface area contributed by atoms with Crippen LogP contribution in [0, 0.1) is 0 Å². The highest BCUT2D eigenvalue weighted by Gasteiger charge is 1.99. The number of ether oxygens (including phenoxy) is 1. The van der Waals surface area contributed by atoms with Crippen LogP contribution in [0.4, 0.5) is 0 Å². The van der Waals surface area contributed by atoms with E-state index in [1.165, 1.54) is 0 Å². The number of hydrogen-bond acceptors (Lipinski definition) is 3. The van der Waals surface area contributed by atoms with E-state index in [-0.39, 0.29) is 6.42 Å². The summed E-state index contributed by atoms with van der Waals surface area (Å²) in [6, 6.07) is 7.56. The van der Waals surface area contributed by atoms with Crippen LogP contribution in [-0.2, 0) is 4.79 Å². The molecule has 0 fully saturated rings. The minimum Gasteiger partial charge on any atom is -0.494 e. The molecule has 18 heavy (non-hydrogen) atoms. The second-order valence-corrected chi connectivity index (χ2v) is 3.81. The molecule has 1 heterocycles. The molecule has 0 saturated carbocycles. The summed E-state index contributed by atoms with van der Waals surface area (Å²) in [6.45, 7) is 0.413. The number of aromatic nitrogens is 2. The Morgan fingerprint density at radius 1 is 1.33 bits per heavy atom. The predicted octanol–water partition coefficient (Wildman–Crippen LogP) is 2.12. The number of rotatable bonds is 6. The van der Waals surface area contributed by atoms with Crippen LogP contribution in [0.2, 0.25) is 0 Å². The van der Waals surface area contributed by atoms with E-state index < -0.39 is 5.97 Å². The monoisotopic (exact) mass is 246 g/mol. The van der Waals surface area contributed by atoms with Crippen molar-refractivity contribution in [3.8, 4) is 11.4 Å². The number of aliphatic carboxylic acids is 1. The van der Waals surface area contributed by atoms with Crippen molar-refractivity contribution in [3.63, 3.8) is 0 Å². The Balaban J connectivity index is 1.86. The second-order valence-electron chi connectivity index (χ2n) is 3.81. The van der Waals surface area contributed by atoms with Gasteiger partial charge in [0.05, 0.1) is 12.9 Å². The van der Waals surface area contributed by atoms with Gasteiger partial charge >= 0.3 is 5.97 Å². The Bertz CT molecular complexity index is 491. The van der Waals surface area contributed by atoms with Gasteiger partial charge < -0.3 is 14.4 Å². The molecule has 2 aromatic rings. The SMILES string of the molecule is O=C(O)CCCOc1ccc(-n2ccnc2)cc1. The molecular formula is C13H14N2O3. The molecule has 0 radical (unpaired) electrons. The molecule has 0 aliphatic rings. The van der Waals surface area contributed by atoms with Crippen LogP contribution in [0.3, 0.4) is 0 Å². The molecule has 0 unspecified atom stereocenters. The van der Waals surface area contributed by atoms with Crippen molar-refractivity contribution in [3.05, 3.63) is 43.0 Å². The molecule has 0 aliphatic carbocycles. The van der Waals surface area contributed by atoms with Gasteiger partial charge in [-0.15, -0.1) is 0 Å². The van der Waals surface area contributed by atoms with E-state index >= 15 is 0 Å². The summed E-state index contributed by atoms with van der Waals surface area (Å²) < 4.78 is 7.34. The maximum absolute atomic E-state index is 10.3. The van der Waals surface area contributed by atoms with Gasteiger partial charge in [-0.05, 0) is 30.7 Å². The molecule has 5 heteroatoms. The predicted molar refractivity (Wildman–Crippen MR) is 65.9 cm³/mol. The van der Waals surface area contributed by atoms with Gasteiger partial charge in [-0.25, -0.2) is 4.98 Å². The van der Waals surface area contributed by atoms with Crippen LogP contribution >= 0.6 is 0 Å². The first-order valence-electron chi connectivity index (χ1n) is 5.69. The Morgan fingerprint density at radius 2 is 2.11 bits per heavy atom. The first-order chi connectivity index (χ1) is 8.75. The summed E-state index contributed by atoms with van der Waals surface area (Å²) in [5.41, 5.74) is 1.00. The van der Waals surface area contributed by atoms with E-state index in [0.717, 1.165) is 11.4 Å². The third-order valence-corrected chi connectivity index (χ3v) is 2.44. The molecular weight excluding hydrogens is 232 g/mol. The largest absolute Gasteiger partial charge is 0.494 e. The fourth-order valence-corrected chi connectivity index (χ4v) is 1.54. The Labute approximate surface area is 105 Å².